The predicted octanol–water partition coefficient (Wildman–Crippen LogP) is 3.76. The predicted molar refractivity (Wildman–Crippen MR) is 60.4 cm³/mol. The highest BCUT2D eigenvalue weighted by molar-refractivity contribution is 9.09. The van der Waals surface area contributed by atoms with Crippen LogP contribution in [0.3, 0.4) is 0 Å². The summed E-state index contributed by atoms with van der Waals surface area (Å²) in [7, 11) is 0. The smallest absolute Gasteiger partial charge is 0.0471 e. The van der Waals surface area contributed by atoms with E-state index in [-0.39, 0.29) is 0 Å². The van der Waals surface area contributed by atoms with Crippen LogP contribution < -0.4 is 0 Å². The number of halogens is 1. The van der Waals surface area contributed by atoms with Gasteiger partial charge in [0, 0.05) is 18.5 Å². The molecule has 1 aliphatic carbocycles. The second-order valence-electron chi connectivity index (χ2n) is 4.20. The summed E-state index contributed by atoms with van der Waals surface area (Å²) in [5.74, 6) is 0. The standard InChI is InChI=1S/C11H21BrO/c1-2-8-13-9-7-11(10-12)5-3-4-6-11/h2-10H2,1H3. The summed E-state index contributed by atoms with van der Waals surface area (Å²) in [5, 5.41) is 1.16. The molecule has 1 nitrogen and oxygen atoms in total. The Balaban J connectivity index is 2.16. The summed E-state index contributed by atoms with van der Waals surface area (Å²) >= 11 is 3.65. The Kier molecular flexibility index (Phi) is 5.34. The normalized spacial score (nSPS) is 20.8. The second kappa shape index (κ2) is 6.02. The lowest BCUT2D eigenvalue weighted by Crippen LogP contribution is -2.20. The highest BCUT2D eigenvalue weighted by atomic mass is 79.9. The molecule has 2 heteroatoms. The molecule has 0 aromatic rings. The van der Waals surface area contributed by atoms with Gasteiger partial charge in [-0.05, 0) is 31.1 Å². The van der Waals surface area contributed by atoms with Gasteiger partial charge < -0.3 is 4.74 Å². The summed E-state index contributed by atoms with van der Waals surface area (Å²) in [6.07, 6.45) is 8.01. The molecule has 0 aromatic carbocycles. The van der Waals surface area contributed by atoms with E-state index in [9.17, 15) is 0 Å². The zero-order chi connectivity index (χ0) is 9.57. The van der Waals surface area contributed by atoms with Gasteiger partial charge >= 0.3 is 0 Å². The van der Waals surface area contributed by atoms with Crippen molar-refractivity contribution in [3.05, 3.63) is 0 Å². The van der Waals surface area contributed by atoms with Crippen LogP contribution in [0.4, 0.5) is 0 Å². The van der Waals surface area contributed by atoms with Gasteiger partial charge in [0.25, 0.3) is 0 Å². The van der Waals surface area contributed by atoms with Crippen molar-refractivity contribution in [2.45, 2.75) is 45.4 Å². The first-order valence-electron chi connectivity index (χ1n) is 5.47. The molecule has 0 N–H and O–H groups in total. The SMILES string of the molecule is CCCOCCC1(CBr)CCCC1. The van der Waals surface area contributed by atoms with E-state index >= 15 is 0 Å². The topological polar surface area (TPSA) is 9.23 Å². The Morgan fingerprint density at radius 1 is 1.23 bits per heavy atom. The van der Waals surface area contributed by atoms with Crippen LogP contribution in [0, 0.1) is 5.41 Å². The molecule has 13 heavy (non-hydrogen) atoms. The highest BCUT2D eigenvalue weighted by Crippen LogP contribution is 2.42. The van der Waals surface area contributed by atoms with Crippen LogP contribution in [0.25, 0.3) is 0 Å². The van der Waals surface area contributed by atoms with Gasteiger partial charge in [0.15, 0.2) is 0 Å². The summed E-state index contributed by atoms with van der Waals surface area (Å²) in [6, 6.07) is 0. The Bertz CT molecular complexity index is 130. The van der Waals surface area contributed by atoms with E-state index in [1.165, 1.54) is 32.1 Å². The zero-order valence-corrected chi connectivity index (χ0v) is 10.2. The lowest BCUT2D eigenvalue weighted by atomic mass is 9.85. The van der Waals surface area contributed by atoms with Crippen molar-refractivity contribution in [2.75, 3.05) is 18.5 Å². The van der Waals surface area contributed by atoms with E-state index < -0.39 is 0 Å². The van der Waals surface area contributed by atoms with Gasteiger partial charge in [0.2, 0.25) is 0 Å². The number of alkyl halides is 1. The number of rotatable bonds is 6. The van der Waals surface area contributed by atoms with Crippen LogP contribution in [0.1, 0.15) is 45.4 Å². The lowest BCUT2D eigenvalue weighted by molar-refractivity contribution is 0.103. The van der Waals surface area contributed by atoms with E-state index in [4.69, 9.17) is 4.74 Å². The summed E-state index contributed by atoms with van der Waals surface area (Å²) < 4.78 is 5.55. The maximum atomic E-state index is 5.55. The van der Waals surface area contributed by atoms with Gasteiger partial charge in [0.1, 0.15) is 0 Å². The highest BCUT2D eigenvalue weighted by Gasteiger charge is 2.31. The van der Waals surface area contributed by atoms with Gasteiger partial charge in [-0.15, -0.1) is 0 Å². The fourth-order valence-corrected chi connectivity index (χ4v) is 2.95. The minimum absolute atomic E-state index is 0.577. The van der Waals surface area contributed by atoms with Crippen molar-refractivity contribution in [3.63, 3.8) is 0 Å². The molecule has 0 atom stereocenters. The molecule has 0 heterocycles. The van der Waals surface area contributed by atoms with Crippen LogP contribution in [-0.4, -0.2) is 18.5 Å². The Hall–Kier alpha value is 0.440. The Labute approximate surface area is 90.4 Å². The van der Waals surface area contributed by atoms with E-state index in [0.717, 1.165) is 25.0 Å². The van der Waals surface area contributed by atoms with E-state index in [2.05, 4.69) is 22.9 Å². The zero-order valence-electron chi connectivity index (χ0n) is 8.65. The maximum Gasteiger partial charge on any atom is 0.0471 e. The van der Waals surface area contributed by atoms with Crippen LogP contribution in [0.2, 0.25) is 0 Å². The molecule has 1 fully saturated rings. The molecule has 0 aliphatic heterocycles. The van der Waals surface area contributed by atoms with Gasteiger partial charge in [0.05, 0.1) is 0 Å². The fraction of sp³-hybridized carbons (Fsp3) is 1.00. The van der Waals surface area contributed by atoms with Crippen molar-refractivity contribution in [1.29, 1.82) is 0 Å². The first-order chi connectivity index (χ1) is 6.33. The summed E-state index contributed by atoms with van der Waals surface area (Å²) in [4.78, 5) is 0. The first-order valence-corrected chi connectivity index (χ1v) is 6.59. The Morgan fingerprint density at radius 2 is 1.92 bits per heavy atom. The lowest BCUT2D eigenvalue weighted by Gasteiger charge is -2.26. The monoisotopic (exact) mass is 248 g/mol. The van der Waals surface area contributed by atoms with Crippen molar-refractivity contribution in [2.24, 2.45) is 5.41 Å². The fourth-order valence-electron chi connectivity index (χ4n) is 2.11. The Morgan fingerprint density at radius 3 is 2.46 bits per heavy atom. The van der Waals surface area contributed by atoms with Crippen molar-refractivity contribution in [1.82, 2.24) is 0 Å². The average molecular weight is 249 g/mol. The van der Waals surface area contributed by atoms with Crippen LogP contribution in [0.5, 0.6) is 0 Å². The number of hydrogen-bond acceptors (Lipinski definition) is 1. The molecule has 0 saturated heterocycles. The quantitative estimate of drug-likeness (QED) is 0.514. The second-order valence-corrected chi connectivity index (χ2v) is 4.76. The van der Waals surface area contributed by atoms with Crippen LogP contribution in [-0.2, 0) is 4.74 Å². The minimum Gasteiger partial charge on any atom is -0.381 e. The van der Waals surface area contributed by atoms with Gasteiger partial charge in [-0.25, -0.2) is 0 Å². The van der Waals surface area contributed by atoms with Crippen molar-refractivity contribution < 1.29 is 4.74 Å². The molecule has 0 unspecified atom stereocenters. The third-order valence-electron chi connectivity index (χ3n) is 3.07. The van der Waals surface area contributed by atoms with Crippen LogP contribution in [0.15, 0.2) is 0 Å². The molecule has 0 radical (unpaired) electrons. The number of hydrogen-bond donors (Lipinski definition) is 0. The molecule has 1 aliphatic rings. The molecule has 78 valence electrons. The molecular formula is C11H21BrO. The van der Waals surface area contributed by atoms with E-state index in [1.807, 2.05) is 0 Å². The minimum atomic E-state index is 0.577. The van der Waals surface area contributed by atoms with Crippen LogP contribution >= 0.6 is 15.9 Å². The van der Waals surface area contributed by atoms with Crippen molar-refractivity contribution in [3.8, 4) is 0 Å². The van der Waals surface area contributed by atoms with Crippen molar-refractivity contribution >= 4 is 15.9 Å². The molecular weight excluding hydrogens is 228 g/mol. The molecule has 0 aromatic heterocycles. The summed E-state index contributed by atoms with van der Waals surface area (Å²) in [5.41, 5.74) is 0.577. The maximum absolute atomic E-state index is 5.55. The van der Waals surface area contributed by atoms with Gasteiger partial charge in [-0.3, -0.25) is 0 Å². The third-order valence-corrected chi connectivity index (χ3v) is 4.26. The van der Waals surface area contributed by atoms with E-state index in [1.54, 1.807) is 0 Å². The molecule has 0 amide bonds. The third kappa shape index (κ3) is 3.59. The molecule has 1 rings (SSSR count). The average Bonchev–Trinajstić information content (AvgIpc) is 2.62. The van der Waals surface area contributed by atoms with Gasteiger partial charge in [-0.1, -0.05) is 35.7 Å². The van der Waals surface area contributed by atoms with Gasteiger partial charge in [-0.2, -0.15) is 0 Å². The van der Waals surface area contributed by atoms with E-state index in [0.29, 0.717) is 5.41 Å². The largest absolute Gasteiger partial charge is 0.381 e. The number of ether oxygens (including phenoxy) is 1. The molecule has 0 bridgehead atoms. The molecule has 1 saturated carbocycles. The molecule has 0 spiro atoms. The summed E-state index contributed by atoms with van der Waals surface area (Å²) in [6.45, 7) is 4.05. The first kappa shape index (κ1) is 11.5.